The van der Waals surface area contributed by atoms with Gasteiger partial charge in [-0.2, -0.15) is 0 Å². The van der Waals surface area contributed by atoms with E-state index >= 15 is 0 Å². The summed E-state index contributed by atoms with van der Waals surface area (Å²) in [5, 5.41) is 5.21. The van der Waals surface area contributed by atoms with Gasteiger partial charge in [0.05, 0.1) is 13.1 Å². The van der Waals surface area contributed by atoms with E-state index in [9.17, 15) is 19.2 Å². The Morgan fingerprint density at radius 2 is 0.961 bits per heavy atom. The summed E-state index contributed by atoms with van der Waals surface area (Å²) in [5.41, 5.74) is 4.98. The molecule has 264 valence electrons. The van der Waals surface area contributed by atoms with Gasteiger partial charge in [-0.05, 0) is 60.4 Å². The van der Waals surface area contributed by atoms with Gasteiger partial charge < -0.3 is 29.6 Å². The Kier molecular flexibility index (Phi) is 12.9. The summed E-state index contributed by atoms with van der Waals surface area (Å²) in [6.07, 6.45) is -1.38. The fraction of sp³-hybridized carbons (Fsp3) is 0.220. The number of hydrogen-bond donors (Lipinski definition) is 2. The van der Waals surface area contributed by atoms with Crippen LogP contribution in [0.4, 0.5) is 9.59 Å². The van der Waals surface area contributed by atoms with E-state index in [4.69, 9.17) is 18.9 Å². The van der Waals surface area contributed by atoms with E-state index in [1.807, 2.05) is 84.9 Å². The number of ether oxygens (including phenoxy) is 4. The Labute approximate surface area is 298 Å². The summed E-state index contributed by atoms with van der Waals surface area (Å²) < 4.78 is 21.5. The molecular formula is C41H42N2O8. The van der Waals surface area contributed by atoms with Crippen molar-refractivity contribution in [3.8, 4) is 33.8 Å². The average Bonchev–Trinajstić information content (AvgIpc) is 3.12. The molecule has 0 aliphatic carbocycles. The molecular weight excluding hydrogens is 648 g/mol. The zero-order valence-electron chi connectivity index (χ0n) is 29.2. The number of carbonyl (C=O) groups excluding carboxylic acids is 4. The molecule has 51 heavy (non-hydrogen) atoms. The fourth-order valence-electron chi connectivity index (χ4n) is 4.98. The first-order chi connectivity index (χ1) is 24.4. The first-order valence-electron chi connectivity index (χ1n) is 16.3. The number of nitrogens with one attached hydrogen (secondary N) is 2. The molecule has 10 nitrogen and oxygen atoms in total. The molecule has 2 N–H and O–H groups in total. The Morgan fingerprint density at radius 1 is 0.588 bits per heavy atom. The second-order valence-electron chi connectivity index (χ2n) is 12.2. The molecule has 0 aliphatic rings. The van der Waals surface area contributed by atoms with Crippen LogP contribution in [-0.4, -0.2) is 50.4 Å². The van der Waals surface area contributed by atoms with Crippen molar-refractivity contribution in [2.24, 2.45) is 0 Å². The summed E-state index contributed by atoms with van der Waals surface area (Å²) in [6.45, 7) is 14.4. The molecule has 4 aromatic carbocycles. The van der Waals surface area contributed by atoms with Gasteiger partial charge in [-0.15, -0.1) is 0 Å². The van der Waals surface area contributed by atoms with Crippen LogP contribution < -0.4 is 20.1 Å². The molecule has 0 radical (unpaired) electrons. The summed E-state index contributed by atoms with van der Waals surface area (Å²) in [6, 6.07) is 30.5. The molecule has 0 fully saturated rings. The minimum Gasteiger partial charge on any atom is -0.460 e. The van der Waals surface area contributed by atoms with Crippen LogP contribution in [0.5, 0.6) is 11.5 Å². The second kappa shape index (κ2) is 17.5. The molecule has 4 rings (SSSR count). The van der Waals surface area contributed by atoms with Gasteiger partial charge in [-0.3, -0.25) is 0 Å². The van der Waals surface area contributed by atoms with Crippen molar-refractivity contribution in [2.45, 2.75) is 33.1 Å². The topological polar surface area (TPSA) is 129 Å². The predicted octanol–water partition coefficient (Wildman–Crippen LogP) is 7.76. The zero-order valence-corrected chi connectivity index (χ0v) is 29.2. The van der Waals surface area contributed by atoms with Gasteiger partial charge in [-0.1, -0.05) is 99.8 Å². The summed E-state index contributed by atoms with van der Waals surface area (Å²) in [4.78, 5) is 48.7. The van der Waals surface area contributed by atoms with Crippen molar-refractivity contribution in [3.63, 3.8) is 0 Å². The largest absolute Gasteiger partial charge is 0.460 e. The van der Waals surface area contributed by atoms with Gasteiger partial charge in [0.25, 0.3) is 0 Å². The third kappa shape index (κ3) is 10.4. The highest BCUT2D eigenvalue weighted by atomic mass is 16.6. The van der Waals surface area contributed by atoms with Crippen LogP contribution in [0.15, 0.2) is 121 Å². The lowest BCUT2D eigenvalue weighted by Crippen LogP contribution is -2.31. The summed E-state index contributed by atoms with van der Waals surface area (Å²) >= 11 is 0. The number of benzene rings is 4. The Balaban J connectivity index is 1.59. The third-order valence-corrected chi connectivity index (χ3v) is 7.88. The van der Waals surface area contributed by atoms with Crippen LogP contribution in [0.25, 0.3) is 22.3 Å². The minimum atomic E-state index is -0.689. The van der Waals surface area contributed by atoms with Gasteiger partial charge in [0.1, 0.15) is 24.7 Å². The van der Waals surface area contributed by atoms with Gasteiger partial charge in [0.15, 0.2) is 0 Å². The molecule has 10 heteroatoms. The van der Waals surface area contributed by atoms with Crippen LogP contribution in [0.1, 0.15) is 38.8 Å². The standard InChI is InChI=1S/C41H42N2O8/c1-27(2)37(44)48-23-21-42-39(46)50-35-19-17-31(25-33(35)29-13-9-7-10-14-29)41(5,6)32-18-20-36(34(26-32)30-15-11-8-12-16-30)51-40(47)43-22-24-49-38(45)28(3)4/h7-20,25-26H,1,3,21-24H2,2,4-6H3,(H,42,46)(H,43,47). The predicted molar refractivity (Wildman–Crippen MR) is 195 cm³/mol. The molecule has 0 heterocycles. The van der Waals surface area contributed by atoms with Gasteiger partial charge in [-0.25, -0.2) is 19.2 Å². The van der Waals surface area contributed by atoms with E-state index in [2.05, 4.69) is 37.6 Å². The summed E-state index contributed by atoms with van der Waals surface area (Å²) in [7, 11) is 0. The Bertz CT molecular complexity index is 1760. The molecule has 0 bridgehead atoms. The molecule has 0 spiro atoms. The maximum atomic E-state index is 12.7. The van der Waals surface area contributed by atoms with Crippen molar-refractivity contribution in [2.75, 3.05) is 26.3 Å². The van der Waals surface area contributed by atoms with Crippen molar-refractivity contribution in [1.29, 1.82) is 0 Å². The van der Waals surface area contributed by atoms with E-state index in [0.29, 0.717) is 22.6 Å². The first-order valence-corrected chi connectivity index (χ1v) is 16.3. The highest BCUT2D eigenvalue weighted by Gasteiger charge is 2.27. The maximum absolute atomic E-state index is 12.7. The Morgan fingerprint density at radius 3 is 1.31 bits per heavy atom. The van der Waals surface area contributed by atoms with E-state index in [1.165, 1.54) is 0 Å². The molecule has 0 saturated heterocycles. The van der Waals surface area contributed by atoms with Gasteiger partial charge in [0, 0.05) is 27.7 Å². The normalized spacial score (nSPS) is 10.7. The molecule has 2 amide bonds. The van der Waals surface area contributed by atoms with E-state index < -0.39 is 29.5 Å². The van der Waals surface area contributed by atoms with Crippen LogP contribution in [0.2, 0.25) is 0 Å². The lowest BCUT2D eigenvalue weighted by atomic mass is 9.76. The molecule has 0 aromatic heterocycles. The van der Waals surface area contributed by atoms with Crippen molar-refractivity contribution >= 4 is 24.1 Å². The molecule has 4 aromatic rings. The third-order valence-electron chi connectivity index (χ3n) is 7.88. The molecule has 0 atom stereocenters. The number of esters is 2. The first kappa shape index (κ1) is 37.7. The van der Waals surface area contributed by atoms with Crippen molar-refractivity contribution < 1.29 is 38.1 Å². The van der Waals surface area contributed by atoms with Crippen LogP contribution in [0.3, 0.4) is 0 Å². The highest BCUT2D eigenvalue weighted by molar-refractivity contribution is 5.87. The molecule has 0 unspecified atom stereocenters. The molecule has 0 aliphatic heterocycles. The fourth-order valence-corrected chi connectivity index (χ4v) is 4.98. The van der Waals surface area contributed by atoms with E-state index in [-0.39, 0.29) is 37.4 Å². The quantitative estimate of drug-likeness (QED) is 0.0781. The monoisotopic (exact) mass is 690 g/mol. The molecule has 0 saturated carbocycles. The van der Waals surface area contributed by atoms with Crippen LogP contribution >= 0.6 is 0 Å². The van der Waals surface area contributed by atoms with Crippen LogP contribution in [-0.2, 0) is 24.5 Å². The second-order valence-corrected chi connectivity index (χ2v) is 12.2. The van der Waals surface area contributed by atoms with Gasteiger partial charge in [0.2, 0.25) is 0 Å². The smallest absolute Gasteiger partial charge is 0.412 e. The number of carbonyl (C=O) groups is 4. The number of hydrogen-bond acceptors (Lipinski definition) is 8. The number of amides is 2. The van der Waals surface area contributed by atoms with Crippen LogP contribution in [0, 0.1) is 0 Å². The zero-order chi connectivity index (χ0) is 37.0. The van der Waals surface area contributed by atoms with Crippen molar-refractivity contribution in [1.82, 2.24) is 10.6 Å². The maximum Gasteiger partial charge on any atom is 0.412 e. The average molecular weight is 691 g/mol. The van der Waals surface area contributed by atoms with E-state index in [0.717, 1.165) is 22.3 Å². The minimum absolute atomic E-state index is 0.0219. The summed E-state index contributed by atoms with van der Waals surface area (Å²) in [5.74, 6) is -0.360. The number of rotatable bonds is 14. The lowest BCUT2D eigenvalue weighted by Gasteiger charge is -2.28. The van der Waals surface area contributed by atoms with Crippen molar-refractivity contribution in [3.05, 3.63) is 132 Å². The highest BCUT2D eigenvalue weighted by Crippen LogP contribution is 2.41. The lowest BCUT2D eigenvalue weighted by molar-refractivity contribution is -0.139. The van der Waals surface area contributed by atoms with Gasteiger partial charge >= 0.3 is 24.1 Å². The SMILES string of the molecule is C=C(C)C(=O)OCCNC(=O)Oc1ccc(C(C)(C)c2ccc(OC(=O)NCCOC(=O)C(=C)C)c(-c3ccccc3)c2)cc1-c1ccccc1. The van der Waals surface area contributed by atoms with E-state index in [1.54, 1.807) is 26.0 Å². The Hall–Kier alpha value is -6.16.